The summed E-state index contributed by atoms with van der Waals surface area (Å²) in [4.78, 5) is 11.3. The number of hydrogen-bond donors (Lipinski definition) is 1. The standard InChI is InChI=1S/C17H18N2O3S/c1-12-4-5-13-3-2-10-19(16(13)11-12)23(21,22)15-8-6-14(7-9-15)17(18)20/h4-9,11H,2-3,10H2,1H3,(H2,18,20). The van der Waals surface area contributed by atoms with Crippen LogP contribution in [0.15, 0.2) is 47.4 Å². The molecule has 0 radical (unpaired) electrons. The van der Waals surface area contributed by atoms with E-state index in [-0.39, 0.29) is 4.90 Å². The van der Waals surface area contributed by atoms with E-state index in [1.54, 1.807) is 0 Å². The number of hydrogen-bond acceptors (Lipinski definition) is 3. The van der Waals surface area contributed by atoms with E-state index in [2.05, 4.69) is 0 Å². The highest BCUT2D eigenvalue weighted by atomic mass is 32.2. The first-order valence-electron chi connectivity index (χ1n) is 7.42. The zero-order chi connectivity index (χ0) is 16.6. The number of nitrogens with two attached hydrogens (primary N) is 1. The predicted molar refractivity (Wildman–Crippen MR) is 89.0 cm³/mol. The maximum absolute atomic E-state index is 13.0. The van der Waals surface area contributed by atoms with Gasteiger partial charge in [0.25, 0.3) is 10.0 Å². The fraction of sp³-hybridized carbons (Fsp3) is 0.235. The van der Waals surface area contributed by atoms with Gasteiger partial charge in [-0.1, -0.05) is 12.1 Å². The van der Waals surface area contributed by atoms with Gasteiger partial charge < -0.3 is 5.73 Å². The number of benzene rings is 2. The summed E-state index contributed by atoms with van der Waals surface area (Å²) in [6.07, 6.45) is 1.66. The van der Waals surface area contributed by atoms with Gasteiger partial charge in [0, 0.05) is 12.1 Å². The van der Waals surface area contributed by atoms with Crippen LogP contribution in [0.2, 0.25) is 0 Å². The summed E-state index contributed by atoms with van der Waals surface area (Å²) in [6.45, 7) is 2.40. The van der Waals surface area contributed by atoms with Crippen molar-refractivity contribution in [2.45, 2.75) is 24.7 Å². The number of nitrogens with zero attached hydrogens (tertiary/aromatic N) is 1. The van der Waals surface area contributed by atoms with Gasteiger partial charge in [0.15, 0.2) is 0 Å². The minimum atomic E-state index is -3.65. The molecule has 0 saturated heterocycles. The van der Waals surface area contributed by atoms with Crippen molar-refractivity contribution in [2.24, 2.45) is 5.73 Å². The van der Waals surface area contributed by atoms with Gasteiger partial charge in [0.05, 0.1) is 10.6 Å². The van der Waals surface area contributed by atoms with Crippen molar-refractivity contribution in [3.63, 3.8) is 0 Å². The fourth-order valence-electron chi connectivity index (χ4n) is 2.82. The molecule has 1 aliphatic heterocycles. The number of rotatable bonds is 3. The van der Waals surface area contributed by atoms with Crippen LogP contribution in [0.1, 0.15) is 27.9 Å². The van der Waals surface area contributed by atoms with Crippen LogP contribution in [0.5, 0.6) is 0 Å². The summed E-state index contributed by atoms with van der Waals surface area (Å²) in [5.74, 6) is -0.576. The van der Waals surface area contributed by atoms with Crippen LogP contribution in [0.3, 0.4) is 0 Å². The lowest BCUT2D eigenvalue weighted by Crippen LogP contribution is -2.35. The molecular formula is C17H18N2O3S. The monoisotopic (exact) mass is 330 g/mol. The molecule has 1 aliphatic rings. The molecule has 6 heteroatoms. The first kappa shape index (κ1) is 15.6. The molecule has 1 heterocycles. The van der Waals surface area contributed by atoms with Gasteiger partial charge in [-0.15, -0.1) is 0 Å². The van der Waals surface area contributed by atoms with Crippen LogP contribution in [-0.4, -0.2) is 20.9 Å². The smallest absolute Gasteiger partial charge is 0.264 e. The number of aryl methyl sites for hydroxylation is 2. The van der Waals surface area contributed by atoms with Crippen LogP contribution in [0.4, 0.5) is 5.69 Å². The molecule has 0 fully saturated rings. The van der Waals surface area contributed by atoms with Crippen molar-refractivity contribution >= 4 is 21.6 Å². The lowest BCUT2D eigenvalue weighted by molar-refractivity contribution is 0.1000. The molecule has 2 N–H and O–H groups in total. The van der Waals surface area contributed by atoms with Gasteiger partial charge in [-0.2, -0.15) is 0 Å². The Kier molecular flexibility index (Phi) is 3.85. The first-order chi connectivity index (χ1) is 10.9. The van der Waals surface area contributed by atoms with Gasteiger partial charge >= 0.3 is 0 Å². The van der Waals surface area contributed by atoms with Gasteiger partial charge in [-0.25, -0.2) is 8.42 Å². The van der Waals surface area contributed by atoms with Crippen LogP contribution in [0, 0.1) is 6.92 Å². The van der Waals surface area contributed by atoms with Crippen LogP contribution in [-0.2, 0) is 16.4 Å². The molecular weight excluding hydrogens is 312 g/mol. The summed E-state index contributed by atoms with van der Waals surface area (Å²) in [5, 5.41) is 0. The first-order valence-corrected chi connectivity index (χ1v) is 8.86. The summed E-state index contributed by atoms with van der Waals surface area (Å²) >= 11 is 0. The normalized spacial score (nSPS) is 14.4. The van der Waals surface area contributed by atoms with E-state index in [4.69, 9.17) is 5.73 Å². The highest BCUT2D eigenvalue weighted by molar-refractivity contribution is 7.92. The number of sulfonamides is 1. The zero-order valence-corrected chi connectivity index (χ0v) is 13.6. The molecule has 2 aromatic rings. The van der Waals surface area contributed by atoms with E-state index in [1.165, 1.54) is 28.6 Å². The quantitative estimate of drug-likeness (QED) is 0.937. The van der Waals surface area contributed by atoms with E-state index in [9.17, 15) is 13.2 Å². The predicted octanol–water partition coefficient (Wildman–Crippen LogP) is 2.24. The molecule has 0 atom stereocenters. The Morgan fingerprint density at radius 1 is 1.13 bits per heavy atom. The third kappa shape index (κ3) is 2.82. The van der Waals surface area contributed by atoms with Gasteiger partial charge in [0.1, 0.15) is 0 Å². The SMILES string of the molecule is Cc1ccc2c(c1)N(S(=O)(=O)c1ccc(C(N)=O)cc1)CCC2. The minimum absolute atomic E-state index is 0.164. The number of fused-ring (bicyclic) bond motifs is 1. The van der Waals surface area contributed by atoms with E-state index < -0.39 is 15.9 Å². The van der Waals surface area contributed by atoms with Crippen molar-refractivity contribution in [1.82, 2.24) is 0 Å². The van der Waals surface area contributed by atoms with Crippen molar-refractivity contribution in [3.8, 4) is 0 Å². The van der Waals surface area contributed by atoms with Crippen molar-refractivity contribution in [3.05, 3.63) is 59.2 Å². The lowest BCUT2D eigenvalue weighted by atomic mass is 10.0. The number of primary amides is 1. The number of carbonyl (C=O) groups is 1. The summed E-state index contributed by atoms with van der Waals surface area (Å²) in [5.41, 5.74) is 8.30. The highest BCUT2D eigenvalue weighted by Gasteiger charge is 2.29. The number of anilines is 1. The average molecular weight is 330 g/mol. The Bertz CT molecular complexity index is 858. The van der Waals surface area contributed by atoms with Gasteiger partial charge in [0.2, 0.25) is 5.91 Å². The summed E-state index contributed by atoms with van der Waals surface area (Å²) < 4.78 is 27.4. The van der Waals surface area contributed by atoms with Crippen LogP contribution in [0.25, 0.3) is 0 Å². The molecule has 3 rings (SSSR count). The second-order valence-electron chi connectivity index (χ2n) is 5.70. The average Bonchev–Trinajstić information content (AvgIpc) is 2.54. The Balaban J connectivity index is 2.04. The Morgan fingerprint density at radius 2 is 1.83 bits per heavy atom. The van der Waals surface area contributed by atoms with Crippen LogP contribution >= 0.6 is 0 Å². The molecule has 0 spiro atoms. The summed E-state index contributed by atoms with van der Waals surface area (Å²) in [7, 11) is -3.65. The lowest BCUT2D eigenvalue weighted by Gasteiger charge is -2.30. The van der Waals surface area contributed by atoms with E-state index in [0.717, 1.165) is 29.7 Å². The Labute approximate surface area is 135 Å². The second kappa shape index (κ2) is 5.70. The molecule has 0 bridgehead atoms. The van der Waals surface area contributed by atoms with Crippen molar-refractivity contribution < 1.29 is 13.2 Å². The Hall–Kier alpha value is -2.34. The summed E-state index contributed by atoms with van der Waals surface area (Å²) in [6, 6.07) is 11.6. The number of amides is 1. The van der Waals surface area contributed by atoms with Gasteiger partial charge in [-0.3, -0.25) is 9.10 Å². The molecule has 0 aliphatic carbocycles. The van der Waals surface area contributed by atoms with Crippen molar-refractivity contribution in [2.75, 3.05) is 10.8 Å². The maximum Gasteiger partial charge on any atom is 0.264 e. The topological polar surface area (TPSA) is 80.5 Å². The van der Waals surface area contributed by atoms with E-state index >= 15 is 0 Å². The fourth-order valence-corrected chi connectivity index (χ4v) is 4.35. The van der Waals surface area contributed by atoms with Gasteiger partial charge in [-0.05, 0) is 61.2 Å². The van der Waals surface area contributed by atoms with E-state index in [1.807, 2.05) is 25.1 Å². The molecule has 23 heavy (non-hydrogen) atoms. The third-order valence-corrected chi connectivity index (χ3v) is 5.87. The van der Waals surface area contributed by atoms with E-state index in [0.29, 0.717) is 12.1 Å². The second-order valence-corrected chi connectivity index (χ2v) is 7.56. The molecule has 0 saturated carbocycles. The Morgan fingerprint density at radius 3 is 2.48 bits per heavy atom. The molecule has 0 aromatic heterocycles. The molecule has 120 valence electrons. The number of carbonyl (C=O) groups excluding carboxylic acids is 1. The minimum Gasteiger partial charge on any atom is -0.366 e. The molecule has 1 amide bonds. The highest BCUT2D eigenvalue weighted by Crippen LogP contribution is 2.32. The van der Waals surface area contributed by atoms with Crippen LogP contribution < -0.4 is 10.0 Å². The largest absolute Gasteiger partial charge is 0.366 e. The maximum atomic E-state index is 13.0. The van der Waals surface area contributed by atoms with Crippen molar-refractivity contribution in [1.29, 1.82) is 0 Å². The molecule has 0 unspecified atom stereocenters. The molecule has 2 aromatic carbocycles. The third-order valence-electron chi connectivity index (χ3n) is 4.04. The molecule has 5 nitrogen and oxygen atoms in total. The zero-order valence-electron chi connectivity index (χ0n) is 12.8.